The van der Waals surface area contributed by atoms with Gasteiger partial charge in [0.25, 0.3) is 0 Å². The zero-order valence-corrected chi connectivity index (χ0v) is 16.7. The summed E-state index contributed by atoms with van der Waals surface area (Å²) in [6.07, 6.45) is 3.25. The van der Waals surface area contributed by atoms with E-state index in [1.807, 2.05) is 6.07 Å². The molecule has 2 aromatic rings. The van der Waals surface area contributed by atoms with Crippen molar-refractivity contribution in [3.8, 4) is 0 Å². The van der Waals surface area contributed by atoms with Crippen molar-refractivity contribution in [1.82, 2.24) is 20.5 Å². The van der Waals surface area contributed by atoms with Crippen molar-refractivity contribution < 1.29 is 18.4 Å². The van der Waals surface area contributed by atoms with Crippen molar-refractivity contribution in [3.63, 3.8) is 0 Å². The number of aromatic nitrogens is 1. The molecule has 29 heavy (non-hydrogen) atoms. The molecule has 156 valence electrons. The number of hydrogen-bond acceptors (Lipinski definition) is 4. The second-order valence-electron chi connectivity index (χ2n) is 6.72. The Morgan fingerprint density at radius 2 is 2.14 bits per heavy atom. The first-order chi connectivity index (χ1) is 13.5. The molecule has 2 unspecified atom stereocenters. The van der Waals surface area contributed by atoms with Crippen LogP contribution in [0.1, 0.15) is 36.6 Å². The van der Waals surface area contributed by atoms with Gasteiger partial charge < -0.3 is 15.5 Å². The summed E-state index contributed by atoms with van der Waals surface area (Å²) in [7, 11) is 0. The average Bonchev–Trinajstić information content (AvgIpc) is 2.68. The van der Waals surface area contributed by atoms with Crippen LogP contribution in [0.5, 0.6) is 0 Å². The van der Waals surface area contributed by atoms with Gasteiger partial charge in [-0.2, -0.15) is 0 Å². The zero-order valence-electron chi connectivity index (χ0n) is 15.9. The van der Waals surface area contributed by atoms with Gasteiger partial charge in [0.2, 0.25) is 11.8 Å². The van der Waals surface area contributed by atoms with Crippen LogP contribution in [0.15, 0.2) is 42.7 Å². The number of pyridine rings is 1. The lowest BCUT2D eigenvalue weighted by atomic mass is 9.99. The van der Waals surface area contributed by atoms with Crippen LogP contribution in [-0.4, -0.2) is 41.3 Å². The van der Waals surface area contributed by atoms with Crippen LogP contribution >= 0.6 is 12.4 Å². The number of carbonyl (C=O) groups excluding carboxylic acids is 2. The zero-order chi connectivity index (χ0) is 20.1. The molecule has 3 rings (SSSR count). The summed E-state index contributed by atoms with van der Waals surface area (Å²) in [5.74, 6) is -2.13. The van der Waals surface area contributed by atoms with E-state index < -0.39 is 23.6 Å². The summed E-state index contributed by atoms with van der Waals surface area (Å²) < 4.78 is 27.5. The summed E-state index contributed by atoms with van der Waals surface area (Å²) >= 11 is 0. The topological polar surface area (TPSA) is 74.3 Å². The molecule has 9 heteroatoms. The fourth-order valence-electron chi connectivity index (χ4n) is 3.43. The van der Waals surface area contributed by atoms with E-state index in [0.717, 1.165) is 17.7 Å². The first kappa shape index (κ1) is 22.7. The number of carbonyl (C=O) groups is 2. The summed E-state index contributed by atoms with van der Waals surface area (Å²) in [6, 6.07) is 5.74. The number of benzene rings is 1. The van der Waals surface area contributed by atoms with Gasteiger partial charge in [0.1, 0.15) is 11.6 Å². The summed E-state index contributed by atoms with van der Waals surface area (Å²) in [6.45, 7) is 2.99. The van der Waals surface area contributed by atoms with Gasteiger partial charge in [-0.05, 0) is 17.7 Å². The fraction of sp³-hybridized carbons (Fsp3) is 0.350. The highest BCUT2D eigenvalue weighted by atomic mass is 35.5. The van der Waals surface area contributed by atoms with Crippen LogP contribution in [0.2, 0.25) is 0 Å². The first-order valence-electron chi connectivity index (χ1n) is 9.08. The molecule has 1 aromatic heterocycles. The van der Waals surface area contributed by atoms with Crippen molar-refractivity contribution in [2.45, 2.75) is 25.4 Å². The van der Waals surface area contributed by atoms with Gasteiger partial charge in [-0.15, -0.1) is 12.4 Å². The van der Waals surface area contributed by atoms with Gasteiger partial charge in [-0.1, -0.05) is 12.1 Å². The molecule has 2 amide bonds. The van der Waals surface area contributed by atoms with Gasteiger partial charge in [0.15, 0.2) is 0 Å². The van der Waals surface area contributed by atoms with Crippen molar-refractivity contribution in [1.29, 1.82) is 0 Å². The van der Waals surface area contributed by atoms with Crippen LogP contribution in [0.3, 0.4) is 0 Å². The minimum Gasteiger partial charge on any atom is -0.349 e. The highest BCUT2D eigenvalue weighted by molar-refractivity contribution is 5.85. The Labute approximate surface area is 174 Å². The normalized spacial score (nSPS) is 17.2. The van der Waals surface area contributed by atoms with Gasteiger partial charge in [0.05, 0.1) is 18.5 Å². The SMILES string of the molecule is CC(=O)NC(CC(=O)N1CCNCC1c1cccnc1)c1ccc(F)cc1F.Cl. The minimum atomic E-state index is -0.880. The van der Waals surface area contributed by atoms with E-state index in [2.05, 4.69) is 15.6 Å². The first-order valence-corrected chi connectivity index (χ1v) is 9.08. The number of piperazine rings is 1. The third-order valence-corrected chi connectivity index (χ3v) is 4.73. The van der Waals surface area contributed by atoms with Gasteiger partial charge in [-0.25, -0.2) is 8.78 Å². The van der Waals surface area contributed by atoms with E-state index in [9.17, 15) is 18.4 Å². The fourth-order valence-corrected chi connectivity index (χ4v) is 3.43. The van der Waals surface area contributed by atoms with Crippen LogP contribution < -0.4 is 10.6 Å². The van der Waals surface area contributed by atoms with E-state index in [-0.39, 0.29) is 36.3 Å². The highest BCUT2D eigenvalue weighted by Crippen LogP contribution is 2.26. The molecule has 1 aliphatic rings. The quantitative estimate of drug-likeness (QED) is 0.773. The smallest absolute Gasteiger partial charge is 0.225 e. The lowest BCUT2D eigenvalue weighted by Crippen LogP contribution is -2.49. The predicted molar refractivity (Wildman–Crippen MR) is 106 cm³/mol. The van der Waals surface area contributed by atoms with E-state index in [4.69, 9.17) is 0 Å². The molecule has 1 saturated heterocycles. The molecule has 0 saturated carbocycles. The summed E-state index contributed by atoms with van der Waals surface area (Å²) in [4.78, 5) is 30.5. The highest BCUT2D eigenvalue weighted by Gasteiger charge is 2.30. The van der Waals surface area contributed by atoms with E-state index >= 15 is 0 Å². The molecular weight excluding hydrogens is 402 g/mol. The monoisotopic (exact) mass is 424 g/mol. The van der Waals surface area contributed by atoms with E-state index in [0.29, 0.717) is 19.6 Å². The summed E-state index contributed by atoms with van der Waals surface area (Å²) in [5.41, 5.74) is 0.977. The lowest BCUT2D eigenvalue weighted by Gasteiger charge is -2.37. The summed E-state index contributed by atoms with van der Waals surface area (Å²) in [5, 5.41) is 5.86. The van der Waals surface area contributed by atoms with Gasteiger partial charge in [0, 0.05) is 50.6 Å². The number of amides is 2. The van der Waals surface area contributed by atoms with Crippen LogP contribution in [0.25, 0.3) is 0 Å². The molecule has 1 aliphatic heterocycles. The number of nitrogens with zero attached hydrogens (tertiary/aromatic N) is 2. The lowest BCUT2D eigenvalue weighted by molar-refractivity contribution is -0.135. The Morgan fingerprint density at radius 3 is 2.79 bits per heavy atom. The van der Waals surface area contributed by atoms with Crippen LogP contribution in [0.4, 0.5) is 8.78 Å². The third kappa shape index (κ3) is 5.71. The molecule has 2 atom stereocenters. The minimum absolute atomic E-state index is 0. The molecule has 0 spiro atoms. The Balaban J connectivity index is 0.00000300. The number of halogens is 3. The Kier molecular flexibility index (Phi) is 8.04. The largest absolute Gasteiger partial charge is 0.349 e. The molecule has 0 bridgehead atoms. The molecule has 2 N–H and O–H groups in total. The maximum Gasteiger partial charge on any atom is 0.225 e. The average molecular weight is 425 g/mol. The number of hydrogen-bond donors (Lipinski definition) is 2. The van der Waals surface area contributed by atoms with E-state index in [1.165, 1.54) is 13.0 Å². The molecule has 0 aliphatic carbocycles. The Morgan fingerprint density at radius 1 is 1.34 bits per heavy atom. The second kappa shape index (κ2) is 10.3. The van der Waals surface area contributed by atoms with E-state index in [1.54, 1.807) is 23.4 Å². The second-order valence-corrected chi connectivity index (χ2v) is 6.72. The molecule has 1 fully saturated rings. The maximum atomic E-state index is 14.3. The molecule has 1 aromatic carbocycles. The standard InChI is InChI=1S/C20H22F2N4O2.ClH/c1-13(27)25-18(16-5-4-15(21)9-17(16)22)10-20(28)26-8-7-24-12-19(26)14-3-2-6-23-11-14;/h2-6,9,11,18-19,24H,7-8,10,12H2,1H3,(H,25,27);1H. The van der Waals surface area contributed by atoms with Gasteiger partial charge in [-0.3, -0.25) is 14.6 Å². The number of rotatable bonds is 5. The van der Waals surface area contributed by atoms with Crippen molar-refractivity contribution in [3.05, 3.63) is 65.5 Å². The van der Waals surface area contributed by atoms with Gasteiger partial charge >= 0.3 is 0 Å². The molecular formula is C20H23ClF2N4O2. The van der Waals surface area contributed by atoms with Crippen molar-refractivity contribution in [2.24, 2.45) is 0 Å². The van der Waals surface area contributed by atoms with Crippen LogP contribution in [-0.2, 0) is 9.59 Å². The van der Waals surface area contributed by atoms with Crippen LogP contribution in [0, 0.1) is 11.6 Å². The maximum absolute atomic E-state index is 14.3. The Bertz CT molecular complexity index is 854. The Hall–Kier alpha value is -2.58. The molecule has 6 nitrogen and oxygen atoms in total. The van der Waals surface area contributed by atoms with Crippen molar-refractivity contribution >= 4 is 24.2 Å². The molecule has 0 radical (unpaired) electrons. The molecule has 2 heterocycles. The number of nitrogens with one attached hydrogen (secondary N) is 2. The predicted octanol–water partition coefficient (Wildman–Crippen LogP) is 2.52. The van der Waals surface area contributed by atoms with Crippen molar-refractivity contribution in [2.75, 3.05) is 19.6 Å². The third-order valence-electron chi connectivity index (χ3n) is 4.73.